The van der Waals surface area contributed by atoms with E-state index < -0.39 is 0 Å². The van der Waals surface area contributed by atoms with Crippen molar-refractivity contribution in [2.45, 2.75) is 0 Å². The average molecular weight is 389 g/mol. The van der Waals surface area contributed by atoms with Gasteiger partial charge in [-0.1, -0.05) is 48.5 Å². The van der Waals surface area contributed by atoms with E-state index in [0.29, 0.717) is 11.3 Å². The Balaban J connectivity index is 1.64. The van der Waals surface area contributed by atoms with Gasteiger partial charge in [0, 0.05) is 24.4 Å². The predicted molar refractivity (Wildman–Crippen MR) is 117 cm³/mol. The molecule has 0 aliphatic heterocycles. The van der Waals surface area contributed by atoms with Crippen LogP contribution in [0.3, 0.4) is 0 Å². The summed E-state index contributed by atoms with van der Waals surface area (Å²) in [5.74, 6) is -0.537. The lowest BCUT2D eigenvalue weighted by molar-refractivity contribution is -0.115. The highest BCUT2D eigenvalue weighted by atomic mass is 32.1. The summed E-state index contributed by atoms with van der Waals surface area (Å²) in [5.41, 5.74) is 2.06. The van der Waals surface area contributed by atoms with E-state index in [4.69, 9.17) is 12.2 Å². The minimum atomic E-state index is -0.340. The van der Waals surface area contributed by atoms with Crippen molar-refractivity contribution in [2.75, 3.05) is 12.4 Å². The molecule has 5 nitrogen and oxygen atoms in total. The highest BCUT2D eigenvalue weighted by Crippen LogP contribution is 2.19. The molecule has 3 aromatic rings. The summed E-state index contributed by atoms with van der Waals surface area (Å²) in [6.07, 6.45) is 3.20. The van der Waals surface area contributed by atoms with Crippen molar-refractivity contribution >= 4 is 51.7 Å². The van der Waals surface area contributed by atoms with E-state index in [0.717, 1.165) is 16.3 Å². The number of carbonyl (C=O) groups is 2. The van der Waals surface area contributed by atoms with Crippen LogP contribution in [0, 0.1) is 0 Å². The molecule has 0 bridgehead atoms. The van der Waals surface area contributed by atoms with Gasteiger partial charge in [-0.3, -0.25) is 14.9 Å². The first-order chi connectivity index (χ1) is 13.6. The van der Waals surface area contributed by atoms with Crippen LogP contribution < -0.4 is 16.0 Å². The van der Waals surface area contributed by atoms with Crippen molar-refractivity contribution in [1.29, 1.82) is 0 Å². The molecule has 28 heavy (non-hydrogen) atoms. The first-order valence-corrected chi connectivity index (χ1v) is 9.07. The molecule has 0 fully saturated rings. The average Bonchev–Trinajstić information content (AvgIpc) is 2.71. The summed E-state index contributed by atoms with van der Waals surface area (Å²) in [4.78, 5) is 23.9. The zero-order valence-electron chi connectivity index (χ0n) is 15.2. The third kappa shape index (κ3) is 4.81. The Morgan fingerprint density at radius 1 is 0.964 bits per heavy atom. The normalized spacial score (nSPS) is 10.6. The number of fused-ring (bicyclic) bond motifs is 1. The summed E-state index contributed by atoms with van der Waals surface area (Å²) in [7, 11) is 1.57. The largest absolute Gasteiger partial charge is 0.355 e. The lowest BCUT2D eigenvalue weighted by atomic mass is 10.0. The number of hydrogen-bond donors (Lipinski definition) is 3. The van der Waals surface area contributed by atoms with Crippen LogP contribution in [0.15, 0.2) is 72.8 Å². The van der Waals surface area contributed by atoms with E-state index in [2.05, 4.69) is 16.0 Å². The lowest BCUT2D eigenvalue weighted by Gasteiger charge is -2.09. The van der Waals surface area contributed by atoms with Gasteiger partial charge in [-0.05, 0) is 52.8 Å². The number of nitrogens with one attached hydrogen (secondary N) is 3. The molecule has 0 radical (unpaired) electrons. The maximum Gasteiger partial charge on any atom is 0.251 e. The van der Waals surface area contributed by atoms with Gasteiger partial charge in [-0.2, -0.15) is 0 Å². The van der Waals surface area contributed by atoms with Gasteiger partial charge in [0.2, 0.25) is 5.91 Å². The SMILES string of the molecule is CNC(=O)c1cccc(NC(=S)NC(=O)/C=C/c2cccc3ccccc23)c1. The van der Waals surface area contributed by atoms with E-state index in [9.17, 15) is 9.59 Å². The molecule has 3 N–H and O–H groups in total. The maximum atomic E-state index is 12.2. The number of carbonyl (C=O) groups excluding carboxylic acids is 2. The molecule has 0 aromatic heterocycles. The third-order valence-corrected chi connectivity index (χ3v) is 4.29. The quantitative estimate of drug-likeness (QED) is 0.470. The molecule has 0 atom stereocenters. The Kier molecular flexibility index (Phi) is 6.14. The molecule has 0 saturated heterocycles. The fraction of sp³-hybridized carbons (Fsp3) is 0.0455. The predicted octanol–water partition coefficient (Wildman–Crippen LogP) is 3.73. The fourth-order valence-corrected chi connectivity index (χ4v) is 2.98. The summed E-state index contributed by atoms with van der Waals surface area (Å²) in [6.45, 7) is 0. The van der Waals surface area contributed by atoms with Crippen LogP contribution in [0.5, 0.6) is 0 Å². The van der Waals surface area contributed by atoms with Crippen molar-refractivity contribution in [2.24, 2.45) is 0 Å². The van der Waals surface area contributed by atoms with Crippen LogP contribution >= 0.6 is 12.2 Å². The Hall–Kier alpha value is -3.51. The second-order valence-corrected chi connectivity index (χ2v) is 6.41. The van der Waals surface area contributed by atoms with Crippen molar-refractivity contribution in [1.82, 2.24) is 10.6 Å². The van der Waals surface area contributed by atoms with E-state index in [-0.39, 0.29) is 16.9 Å². The third-order valence-electron chi connectivity index (χ3n) is 4.08. The van der Waals surface area contributed by atoms with Gasteiger partial charge in [-0.15, -0.1) is 0 Å². The molecular weight excluding hydrogens is 370 g/mol. The van der Waals surface area contributed by atoms with E-state index in [1.165, 1.54) is 6.08 Å². The van der Waals surface area contributed by atoms with Gasteiger partial charge in [0.1, 0.15) is 0 Å². The maximum absolute atomic E-state index is 12.2. The molecular formula is C22H19N3O2S. The summed E-state index contributed by atoms with van der Waals surface area (Å²) < 4.78 is 0. The molecule has 140 valence electrons. The second-order valence-electron chi connectivity index (χ2n) is 6.01. The van der Waals surface area contributed by atoms with E-state index in [1.807, 2.05) is 42.5 Å². The highest BCUT2D eigenvalue weighted by molar-refractivity contribution is 7.80. The van der Waals surface area contributed by atoms with Crippen molar-refractivity contribution in [3.05, 3.63) is 83.9 Å². The molecule has 3 rings (SSSR count). The molecule has 2 amide bonds. The van der Waals surface area contributed by atoms with Crippen LogP contribution in [0.4, 0.5) is 5.69 Å². The van der Waals surface area contributed by atoms with Gasteiger partial charge in [0.05, 0.1) is 0 Å². The monoisotopic (exact) mass is 389 g/mol. The van der Waals surface area contributed by atoms with Crippen LogP contribution in [-0.4, -0.2) is 24.0 Å². The number of thiocarbonyl (C=S) groups is 1. The first kappa shape index (κ1) is 19.3. The van der Waals surface area contributed by atoms with Crippen molar-refractivity contribution < 1.29 is 9.59 Å². The molecule has 3 aromatic carbocycles. The van der Waals surface area contributed by atoms with Crippen LogP contribution in [-0.2, 0) is 4.79 Å². The Labute approximate surface area is 168 Å². The van der Waals surface area contributed by atoms with Gasteiger partial charge >= 0.3 is 0 Å². The van der Waals surface area contributed by atoms with Crippen molar-refractivity contribution in [3.8, 4) is 0 Å². The van der Waals surface area contributed by atoms with Gasteiger partial charge in [0.25, 0.3) is 5.91 Å². The summed E-state index contributed by atoms with van der Waals surface area (Å²) in [5, 5.41) is 10.4. The fourth-order valence-electron chi connectivity index (χ4n) is 2.76. The van der Waals surface area contributed by atoms with Crippen molar-refractivity contribution in [3.63, 3.8) is 0 Å². The number of hydrogen-bond acceptors (Lipinski definition) is 3. The molecule has 0 aliphatic carbocycles. The van der Waals surface area contributed by atoms with Crippen LogP contribution in [0.1, 0.15) is 15.9 Å². The smallest absolute Gasteiger partial charge is 0.251 e. The molecule has 0 spiro atoms. The van der Waals surface area contributed by atoms with Gasteiger partial charge in [0.15, 0.2) is 5.11 Å². The molecule has 0 saturated carbocycles. The summed E-state index contributed by atoms with van der Waals surface area (Å²) in [6, 6.07) is 20.8. The minimum absolute atomic E-state index is 0.154. The standard InChI is InChI=1S/C22H19N3O2S/c1-23-21(27)17-9-5-10-18(14-17)24-22(28)25-20(26)13-12-16-8-4-7-15-6-2-3-11-19(15)16/h2-14H,1H3,(H,23,27)(H2,24,25,26,28)/b13-12+. The van der Waals surface area contributed by atoms with E-state index >= 15 is 0 Å². The molecule has 0 heterocycles. The Morgan fingerprint density at radius 3 is 2.54 bits per heavy atom. The minimum Gasteiger partial charge on any atom is -0.355 e. The van der Waals surface area contributed by atoms with Crippen LogP contribution in [0.2, 0.25) is 0 Å². The van der Waals surface area contributed by atoms with Crippen LogP contribution in [0.25, 0.3) is 16.8 Å². The zero-order valence-corrected chi connectivity index (χ0v) is 16.0. The first-order valence-electron chi connectivity index (χ1n) is 8.67. The number of benzene rings is 3. The van der Waals surface area contributed by atoms with Gasteiger partial charge < -0.3 is 10.6 Å². The number of anilines is 1. The molecule has 6 heteroatoms. The second kappa shape index (κ2) is 8.92. The Morgan fingerprint density at radius 2 is 1.71 bits per heavy atom. The topological polar surface area (TPSA) is 70.2 Å². The Bertz CT molecular complexity index is 1070. The van der Waals surface area contributed by atoms with Gasteiger partial charge in [-0.25, -0.2) is 0 Å². The summed E-state index contributed by atoms with van der Waals surface area (Å²) >= 11 is 5.18. The highest BCUT2D eigenvalue weighted by Gasteiger charge is 2.06. The molecule has 0 aliphatic rings. The number of rotatable bonds is 4. The van der Waals surface area contributed by atoms with E-state index in [1.54, 1.807) is 37.4 Å². The lowest BCUT2D eigenvalue weighted by Crippen LogP contribution is -2.32. The molecule has 0 unspecified atom stereocenters. The number of amides is 2. The zero-order chi connectivity index (χ0) is 19.9.